The van der Waals surface area contributed by atoms with Gasteiger partial charge in [0.05, 0.1) is 4.92 Å². The molecule has 0 aliphatic heterocycles. The summed E-state index contributed by atoms with van der Waals surface area (Å²) >= 11 is 0. The van der Waals surface area contributed by atoms with E-state index in [4.69, 9.17) is 5.73 Å². The molecule has 2 amide bonds. The van der Waals surface area contributed by atoms with Gasteiger partial charge in [-0.2, -0.15) is 0 Å². The largest absolute Gasteiger partial charge is 0.368 e. The van der Waals surface area contributed by atoms with Gasteiger partial charge in [-0.3, -0.25) is 19.7 Å². The van der Waals surface area contributed by atoms with E-state index >= 15 is 0 Å². The van der Waals surface area contributed by atoms with Gasteiger partial charge in [0.15, 0.2) is 0 Å². The molecule has 0 bridgehead atoms. The highest BCUT2D eigenvalue weighted by Crippen LogP contribution is 2.29. The molecule has 0 saturated heterocycles. The normalized spacial score (nSPS) is 11.9. The van der Waals surface area contributed by atoms with Crippen molar-refractivity contribution in [2.45, 2.75) is 12.5 Å². The van der Waals surface area contributed by atoms with Crippen molar-refractivity contribution in [2.75, 3.05) is 0 Å². The molecule has 31 heavy (non-hydrogen) atoms. The molecule has 0 aromatic heterocycles. The van der Waals surface area contributed by atoms with Gasteiger partial charge in [0, 0.05) is 24.1 Å². The highest BCUT2D eigenvalue weighted by Gasteiger charge is 2.22. The van der Waals surface area contributed by atoms with E-state index < -0.39 is 22.8 Å². The van der Waals surface area contributed by atoms with Crippen LogP contribution in [0, 0.1) is 10.1 Å². The molecule has 0 spiro atoms. The van der Waals surface area contributed by atoms with Gasteiger partial charge in [0.2, 0.25) is 5.91 Å². The zero-order valence-electron chi connectivity index (χ0n) is 16.4. The Hall–Kier alpha value is -4.26. The molecule has 0 radical (unpaired) electrons. The molecule has 7 nitrogen and oxygen atoms in total. The zero-order valence-corrected chi connectivity index (χ0v) is 16.4. The van der Waals surface area contributed by atoms with E-state index in [0.29, 0.717) is 0 Å². The monoisotopic (exact) mass is 413 g/mol. The smallest absolute Gasteiger partial charge is 0.270 e. The maximum atomic E-state index is 12.7. The van der Waals surface area contributed by atoms with Gasteiger partial charge in [0.1, 0.15) is 6.04 Å². The van der Waals surface area contributed by atoms with Crippen molar-refractivity contribution in [1.82, 2.24) is 5.32 Å². The number of carbonyl (C=O) groups excluding carboxylic acids is 2. The van der Waals surface area contributed by atoms with Crippen molar-refractivity contribution in [3.05, 3.63) is 100 Å². The molecule has 4 rings (SSSR count). The molecule has 0 heterocycles. The molecule has 1 atom stereocenters. The van der Waals surface area contributed by atoms with Gasteiger partial charge < -0.3 is 11.1 Å². The standard InChI is InChI=1S/C24H19N3O4/c25-23(28)22(26-24(29)17-8-5-9-18(13-17)27(30)31)14-21-19-10-3-1-6-15(19)12-16-7-2-4-11-20(16)21/h1-13,22H,14H2,(H2,25,28)(H,26,29)/t22-/m1/s1. The van der Waals surface area contributed by atoms with Gasteiger partial charge in [-0.05, 0) is 39.2 Å². The topological polar surface area (TPSA) is 115 Å². The molecule has 3 N–H and O–H groups in total. The van der Waals surface area contributed by atoms with E-state index in [1.165, 1.54) is 24.3 Å². The van der Waals surface area contributed by atoms with E-state index in [1.807, 2.05) is 48.5 Å². The number of fused-ring (bicyclic) bond motifs is 2. The summed E-state index contributed by atoms with van der Waals surface area (Å²) in [5.74, 6) is -1.28. The third-order valence-electron chi connectivity index (χ3n) is 5.26. The molecule has 0 saturated carbocycles. The Morgan fingerprint density at radius 3 is 2.10 bits per heavy atom. The Bertz CT molecular complexity index is 1280. The van der Waals surface area contributed by atoms with Crippen molar-refractivity contribution in [2.24, 2.45) is 5.73 Å². The van der Waals surface area contributed by atoms with Crippen LogP contribution in [0.1, 0.15) is 15.9 Å². The van der Waals surface area contributed by atoms with Crippen molar-refractivity contribution in [3.63, 3.8) is 0 Å². The Kier molecular flexibility index (Phi) is 5.32. The Morgan fingerprint density at radius 1 is 0.903 bits per heavy atom. The molecule has 154 valence electrons. The third kappa shape index (κ3) is 4.06. The van der Waals surface area contributed by atoms with Crippen molar-refractivity contribution < 1.29 is 14.5 Å². The van der Waals surface area contributed by atoms with Crippen molar-refractivity contribution >= 4 is 39.0 Å². The molecule has 4 aromatic carbocycles. The molecule has 0 aliphatic rings. The number of hydrogen-bond donors (Lipinski definition) is 2. The lowest BCUT2D eigenvalue weighted by Gasteiger charge is -2.19. The molecule has 7 heteroatoms. The predicted molar refractivity (Wildman–Crippen MR) is 119 cm³/mol. The van der Waals surface area contributed by atoms with Gasteiger partial charge in [0.25, 0.3) is 11.6 Å². The molecule has 4 aromatic rings. The number of nitro groups is 1. The molecule has 0 unspecified atom stereocenters. The summed E-state index contributed by atoms with van der Waals surface area (Å²) in [6.07, 6.45) is 0.192. The first kappa shape index (κ1) is 20.0. The number of primary amides is 1. The molecule has 0 fully saturated rings. The maximum absolute atomic E-state index is 12.7. The SMILES string of the molecule is NC(=O)[C@@H](Cc1c2ccccc2cc2ccccc12)NC(=O)c1cccc([N+](=O)[O-])c1. The Balaban J connectivity index is 1.71. The van der Waals surface area contributed by atoms with E-state index in [-0.39, 0.29) is 17.7 Å². The third-order valence-corrected chi connectivity index (χ3v) is 5.26. The van der Waals surface area contributed by atoms with Crippen LogP contribution in [0.15, 0.2) is 78.9 Å². The molecule has 0 aliphatic carbocycles. The summed E-state index contributed by atoms with van der Waals surface area (Å²) in [4.78, 5) is 35.3. The number of non-ortho nitro benzene ring substituents is 1. The molecular weight excluding hydrogens is 394 g/mol. The second-order valence-electron chi connectivity index (χ2n) is 7.24. The first-order valence-electron chi connectivity index (χ1n) is 9.68. The van der Waals surface area contributed by atoms with Gasteiger partial charge in [-0.15, -0.1) is 0 Å². The summed E-state index contributed by atoms with van der Waals surface area (Å²) < 4.78 is 0. The lowest BCUT2D eigenvalue weighted by molar-refractivity contribution is -0.384. The number of benzene rings is 4. The fraction of sp³-hybridized carbons (Fsp3) is 0.0833. The van der Waals surface area contributed by atoms with Crippen LogP contribution in [-0.4, -0.2) is 22.8 Å². The van der Waals surface area contributed by atoms with E-state index in [2.05, 4.69) is 11.4 Å². The number of nitrogens with one attached hydrogen (secondary N) is 1. The second-order valence-corrected chi connectivity index (χ2v) is 7.24. The Morgan fingerprint density at radius 2 is 1.52 bits per heavy atom. The summed E-state index contributed by atoms with van der Waals surface area (Å²) in [5, 5.41) is 17.6. The van der Waals surface area contributed by atoms with Crippen LogP contribution in [0.5, 0.6) is 0 Å². The lowest BCUT2D eigenvalue weighted by atomic mass is 9.92. The fourth-order valence-electron chi connectivity index (χ4n) is 3.76. The van der Waals surface area contributed by atoms with Crippen LogP contribution >= 0.6 is 0 Å². The maximum Gasteiger partial charge on any atom is 0.270 e. The number of nitrogens with zero attached hydrogens (tertiary/aromatic N) is 1. The van der Waals surface area contributed by atoms with Gasteiger partial charge in [-0.25, -0.2) is 0 Å². The van der Waals surface area contributed by atoms with E-state index in [1.54, 1.807) is 0 Å². The summed E-state index contributed by atoms with van der Waals surface area (Å²) in [7, 11) is 0. The van der Waals surface area contributed by atoms with Crippen LogP contribution in [0.3, 0.4) is 0 Å². The van der Waals surface area contributed by atoms with E-state index in [0.717, 1.165) is 27.1 Å². The summed E-state index contributed by atoms with van der Waals surface area (Å²) in [6, 6.07) is 22.1. The fourth-order valence-corrected chi connectivity index (χ4v) is 3.76. The first-order valence-corrected chi connectivity index (χ1v) is 9.68. The van der Waals surface area contributed by atoms with Crippen molar-refractivity contribution in [3.8, 4) is 0 Å². The highest BCUT2D eigenvalue weighted by atomic mass is 16.6. The number of hydrogen-bond acceptors (Lipinski definition) is 4. The zero-order chi connectivity index (χ0) is 22.0. The first-order chi connectivity index (χ1) is 14.9. The number of nitro benzene ring substituents is 1. The lowest BCUT2D eigenvalue weighted by Crippen LogP contribution is -2.45. The molecular formula is C24H19N3O4. The van der Waals surface area contributed by atoms with Gasteiger partial charge in [-0.1, -0.05) is 54.6 Å². The number of rotatable bonds is 6. The quantitative estimate of drug-likeness (QED) is 0.285. The van der Waals surface area contributed by atoms with Crippen LogP contribution in [0.25, 0.3) is 21.5 Å². The number of amides is 2. The average Bonchev–Trinajstić information content (AvgIpc) is 2.78. The average molecular weight is 413 g/mol. The van der Waals surface area contributed by atoms with Crippen LogP contribution in [-0.2, 0) is 11.2 Å². The van der Waals surface area contributed by atoms with Crippen LogP contribution < -0.4 is 11.1 Å². The summed E-state index contributed by atoms with van der Waals surface area (Å²) in [5.41, 5.74) is 6.40. The number of nitrogens with two attached hydrogens (primary N) is 1. The summed E-state index contributed by atoms with van der Waals surface area (Å²) in [6.45, 7) is 0. The highest BCUT2D eigenvalue weighted by molar-refractivity contribution is 6.03. The minimum atomic E-state index is -0.985. The van der Waals surface area contributed by atoms with Crippen molar-refractivity contribution in [1.29, 1.82) is 0 Å². The van der Waals surface area contributed by atoms with Crippen LogP contribution in [0.2, 0.25) is 0 Å². The van der Waals surface area contributed by atoms with E-state index in [9.17, 15) is 19.7 Å². The predicted octanol–water partition coefficient (Wildman–Crippen LogP) is 3.73. The number of carbonyl (C=O) groups is 2. The van der Waals surface area contributed by atoms with Gasteiger partial charge >= 0.3 is 0 Å². The van der Waals surface area contributed by atoms with Crippen LogP contribution in [0.4, 0.5) is 5.69 Å². The minimum Gasteiger partial charge on any atom is -0.368 e. The minimum absolute atomic E-state index is 0.0863. The second kappa shape index (κ2) is 8.23. The Labute approximate surface area is 177 Å².